The molecule has 0 radical (unpaired) electrons. The third kappa shape index (κ3) is 4.42. The van der Waals surface area contributed by atoms with Gasteiger partial charge in [-0.25, -0.2) is 4.98 Å². The molecule has 1 fully saturated rings. The first-order chi connectivity index (χ1) is 10.1. The summed E-state index contributed by atoms with van der Waals surface area (Å²) < 4.78 is 5.73. The van der Waals surface area contributed by atoms with Gasteiger partial charge in [-0.05, 0) is 50.9 Å². The monoisotopic (exact) mass is 291 g/mol. The minimum Gasteiger partial charge on any atom is -0.375 e. The van der Waals surface area contributed by atoms with Crippen molar-refractivity contribution >= 4 is 5.82 Å². The minimum absolute atomic E-state index is 0.273. The molecule has 1 saturated heterocycles. The first-order valence-corrected chi connectivity index (χ1v) is 8.22. The van der Waals surface area contributed by atoms with E-state index in [-0.39, 0.29) is 6.10 Å². The van der Waals surface area contributed by atoms with Crippen molar-refractivity contribution in [1.29, 1.82) is 0 Å². The summed E-state index contributed by atoms with van der Waals surface area (Å²) in [7, 11) is 0. The van der Waals surface area contributed by atoms with Crippen LogP contribution in [0.25, 0.3) is 0 Å². The fourth-order valence-corrected chi connectivity index (χ4v) is 2.70. The Balaban J connectivity index is 2.18. The van der Waals surface area contributed by atoms with Crippen molar-refractivity contribution < 1.29 is 4.74 Å². The average molecular weight is 291 g/mol. The van der Waals surface area contributed by atoms with E-state index in [4.69, 9.17) is 9.72 Å². The van der Waals surface area contributed by atoms with Crippen LogP contribution in [-0.2, 0) is 17.7 Å². The van der Waals surface area contributed by atoms with Gasteiger partial charge in [-0.3, -0.25) is 0 Å². The summed E-state index contributed by atoms with van der Waals surface area (Å²) in [5.41, 5.74) is 2.50. The maximum atomic E-state index is 5.73. The Bertz CT molecular complexity index is 450. The Labute approximate surface area is 128 Å². The lowest BCUT2D eigenvalue weighted by Crippen LogP contribution is -2.47. The van der Waals surface area contributed by atoms with Gasteiger partial charge in [0.2, 0.25) is 0 Å². The highest BCUT2D eigenvalue weighted by Gasteiger charge is 2.24. The predicted octanol–water partition coefficient (Wildman–Crippen LogP) is 2.76. The quantitative estimate of drug-likeness (QED) is 0.818. The van der Waals surface area contributed by atoms with Gasteiger partial charge in [0.05, 0.1) is 18.8 Å². The Kier molecular flexibility index (Phi) is 6.00. The zero-order valence-corrected chi connectivity index (χ0v) is 13.9. The van der Waals surface area contributed by atoms with Crippen LogP contribution in [0.15, 0.2) is 12.1 Å². The SMILES string of the molecule is CCCNCc1cc(CC)nc(N2CC(C)OCC2C)c1. The summed E-state index contributed by atoms with van der Waals surface area (Å²) >= 11 is 0. The number of morpholine rings is 1. The number of anilines is 1. The van der Waals surface area contributed by atoms with Gasteiger partial charge in [0.25, 0.3) is 0 Å². The number of aromatic nitrogens is 1. The molecule has 2 heterocycles. The number of hydrogen-bond acceptors (Lipinski definition) is 4. The molecule has 1 aliphatic heterocycles. The van der Waals surface area contributed by atoms with E-state index < -0.39 is 0 Å². The summed E-state index contributed by atoms with van der Waals surface area (Å²) in [6.45, 7) is 12.4. The number of pyridine rings is 1. The lowest BCUT2D eigenvalue weighted by Gasteiger charge is -2.38. The molecule has 1 aromatic heterocycles. The van der Waals surface area contributed by atoms with Crippen LogP contribution in [0, 0.1) is 0 Å². The second-order valence-electron chi connectivity index (χ2n) is 6.00. The summed E-state index contributed by atoms with van der Waals surface area (Å²) in [4.78, 5) is 7.22. The van der Waals surface area contributed by atoms with Crippen LogP contribution in [-0.4, -0.2) is 36.8 Å². The maximum Gasteiger partial charge on any atom is 0.129 e. The van der Waals surface area contributed by atoms with E-state index in [2.05, 4.69) is 50.0 Å². The van der Waals surface area contributed by atoms with Gasteiger partial charge in [-0.15, -0.1) is 0 Å². The Morgan fingerprint density at radius 3 is 2.86 bits per heavy atom. The van der Waals surface area contributed by atoms with Gasteiger partial charge in [-0.1, -0.05) is 13.8 Å². The largest absolute Gasteiger partial charge is 0.375 e. The molecule has 2 atom stereocenters. The molecule has 4 nitrogen and oxygen atoms in total. The topological polar surface area (TPSA) is 37.4 Å². The number of aryl methyl sites for hydroxylation is 1. The highest BCUT2D eigenvalue weighted by atomic mass is 16.5. The summed E-state index contributed by atoms with van der Waals surface area (Å²) in [5.74, 6) is 1.10. The molecule has 0 aliphatic carbocycles. The summed E-state index contributed by atoms with van der Waals surface area (Å²) in [6, 6.07) is 4.84. The molecule has 1 aromatic rings. The van der Waals surface area contributed by atoms with Crippen LogP contribution < -0.4 is 10.2 Å². The number of ether oxygens (including phenoxy) is 1. The van der Waals surface area contributed by atoms with Crippen LogP contribution in [0.3, 0.4) is 0 Å². The van der Waals surface area contributed by atoms with Gasteiger partial charge >= 0.3 is 0 Å². The standard InChI is InChI=1S/C17H29N3O/c1-5-7-18-10-15-8-16(6-2)19-17(9-15)20-11-14(4)21-12-13(20)3/h8-9,13-14,18H,5-7,10-12H2,1-4H3. The zero-order chi connectivity index (χ0) is 15.2. The molecule has 1 aliphatic rings. The van der Waals surface area contributed by atoms with Crippen LogP contribution in [0.5, 0.6) is 0 Å². The normalized spacial score (nSPS) is 22.6. The second-order valence-corrected chi connectivity index (χ2v) is 6.00. The first-order valence-electron chi connectivity index (χ1n) is 8.22. The number of rotatable bonds is 6. The van der Waals surface area contributed by atoms with E-state index >= 15 is 0 Å². The second kappa shape index (κ2) is 7.76. The van der Waals surface area contributed by atoms with Crippen molar-refractivity contribution in [2.24, 2.45) is 0 Å². The van der Waals surface area contributed by atoms with Gasteiger partial charge in [0, 0.05) is 18.8 Å². The van der Waals surface area contributed by atoms with Crippen molar-refractivity contribution in [3.63, 3.8) is 0 Å². The molecule has 1 N–H and O–H groups in total. The predicted molar refractivity (Wildman–Crippen MR) is 87.8 cm³/mol. The molecule has 0 saturated carbocycles. The molecule has 4 heteroatoms. The Morgan fingerprint density at radius 1 is 1.33 bits per heavy atom. The summed E-state index contributed by atoms with van der Waals surface area (Å²) in [6.07, 6.45) is 2.41. The van der Waals surface area contributed by atoms with Crippen LogP contribution in [0.4, 0.5) is 5.82 Å². The van der Waals surface area contributed by atoms with Crippen molar-refractivity contribution in [2.75, 3.05) is 24.6 Å². The van der Waals surface area contributed by atoms with Crippen molar-refractivity contribution in [2.45, 2.75) is 59.2 Å². The molecule has 0 amide bonds. The Morgan fingerprint density at radius 2 is 2.14 bits per heavy atom. The number of hydrogen-bond donors (Lipinski definition) is 1. The maximum absolute atomic E-state index is 5.73. The zero-order valence-electron chi connectivity index (χ0n) is 13.9. The van der Waals surface area contributed by atoms with E-state index in [1.54, 1.807) is 0 Å². The molecular weight excluding hydrogens is 262 g/mol. The number of nitrogens with zero attached hydrogens (tertiary/aromatic N) is 2. The Hall–Kier alpha value is -1.13. The number of nitrogens with one attached hydrogen (secondary N) is 1. The van der Waals surface area contributed by atoms with Gasteiger partial charge in [0.1, 0.15) is 5.82 Å². The fraction of sp³-hybridized carbons (Fsp3) is 0.706. The average Bonchev–Trinajstić information content (AvgIpc) is 2.49. The van der Waals surface area contributed by atoms with E-state index in [9.17, 15) is 0 Å². The van der Waals surface area contributed by atoms with E-state index in [0.29, 0.717) is 6.04 Å². The molecule has 0 spiro atoms. The third-order valence-corrected chi connectivity index (χ3v) is 3.94. The van der Waals surface area contributed by atoms with Crippen molar-refractivity contribution in [1.82, 2.24) is 10.3 Å². The first kappa shape index (κ1) is 16.2. The van der Waals surface area contributed by atoms with E-state index in [1.807, 2.05) is 0 Å². The molecule has 2 rings (SSSR count). The van der Waals surface area contributed by atoms with E-state index in [0.717, 1.165) is 44.9 Å². The van der Waals surface area contributed by atoms with E-state index in [1.165, 1.54) is 11.3 Å². The van der Waals surface area contributed by atoms with Crippen molar-refractivity contribution in [3.05, 3.63) is 23.4 Å². The smallest absolute Gasteiger partial charge is 0.129 e. The van der Waals surface area contributed by atoms with Crippen molar-refractivity contribution in [3.8, 4) is 0 Å². The highest BCUT2D eigenvalue weighted by Crippen LogP contribution is 2.22. The van der Waals surface area contributed by atoms with Gasteiger partial charge < -0.3 is 15.0 Å². The molecule has 21 heavy (non-hydrogen) atoms. The van der Waals surface area contributed by atoms with Gasteiger partial charge in [0.15, 0.2) is 0 Å². The third-order valence-electron chi connectivity index (χ3n) is 3.94. The van der Waals surface area contributed by atoms with Crippen LogP contribution >= 0.6 is 0 Å². The summed E-state index contributed by atoms with van der Waals surface area (Å²) in [5, 5.41) is 3.48. The molecular formula is C17H29N3O. The molecule has 0 bridgehead atoms. The lowest BCUT2D eigenvalue weighted by molar-refractivity contribution is 0.0340. The molecule has 118 valence electrons. The van der Waals surface area contributed by atoms with Gasteiger partial charge in [-0.2, -0.15) is 0 Å². The lowest BCUT2D eigenvalue weighted by atomic mass is 10.1. The molecule has 0 aromatic carbocycles. The minimum atomic E-state index is 0.273. The van der Waals surface area contributed by atoms with Crippen LogP contribution in [0.1, 0.15) is 45.4 Å². The highest BCUT2D eigenvalue weighted by molar-refractivity contribution is 5.44. The fourth-order valence-electron chi connectivity index (χ4n) is 2.70. The van der Waals surface area contributed by atoms with Crippen LogP contribution in [0.2, 0.25) is 0 Å². The molecule has 2 unspecified atom stereocenters.